The summed E-state index contributed by atoms with van der Waals surface area (Å²) >= 11 is 0. The summed E-state index contributed by atoms with van der Waals surface area (Å²) in [6.45, 7) is 0. The first-order chi connectivity index (χ1) is 9.03. The van der Waals surface area contributed by atoms with Crippen LogP contribution in [0.15, 0.2) is 0 Å². The number of amides is 2. The molecule has 2 amide bonds. The monoisotopic (exact) mass is 265 g/mol. The molecule has 3 aliphatic rings. The van der Waals surface area contributed by atoms with E-state index in [1.54, 1.807) is 0 Å². The van der Waals surface area contributed by atoms with Crippen LogP contribution in [0.2, 0.25) is 0 Å². The van der Waals surface area contributed by atoms with Gasteiger partial charge in [-0.1, -0.05) is 12.8 Å². The third-order valence-electron chi connectivity index (χ3n) is 5.11. The smallest absolute Gasteiger partial charge is 0.306 e. The summed E-state index contributed by atoms with van der Waals surface area (Å²) in [5.74, 6) is -1.31. The number of carboxylic acids is 1. The van der Waals surface area contributed by atoms with Gasteiger partial charge in [0, 0.05) is 12.5 Å². The van der Waals surface area contributed by atoms with Crippen LogP contribution in [0.25, 0.3) is 0 Å². The molecule has 1 aliphatic heterocycles. The number of nitrogens with zero attached hydrogens (tertiary/aromatic N) is 1. The zero-order valence-corrected chi connectivity index (χ0v) is 10.9. The number of aliphatic carboxylic acids is 1. The Morgan fingerprint density at radius 1 is 1.21 bits per heavy atom. The van der Waals surface area contributed by atoms with Crippen LogP contribution in [0.4, 0.5) is 0 Å². The zero-order chi connectivity index (χ0) is 13.6. The topological polar surface area (TPSA) is 74.7 Å². The van der Waals surface area contributed by atoms with Crippen molar-refractivity contribution in [3.05, 3.63) is 0 Å². The third-order valence-corrected chi connectivity index (χ3v) is 5.11. The number of rotatable bonds is 2. The third kappa shape index (κ3) is 1.86. The van der Waals surface area contributed by atoms with Gasteiger partial charge in [0.1, 0.15) is 0 Å². The van der Waals surface area contributed by atoms with Crippen molar-refractivity contribution in [2.45, 2.75) is 57.4 Å². The first-order valence-corrected chi connectivity index (χ1v) is 7.13. The van der Waals surface area contributed by atoms with E-state index in [-0.39, 0.29) is 17.9 Å². The number of carbonyl (C=O) groups is 3. The maximum absolute atomic E-state index is 12.6. The van der Waals surface area contributed by atoms with Crippen molar-refractivity contribution in [1.82, 2.24) is 4.90 Å². The molecule has 104 valence electrons. The van der Waals surface area contributed by atoms with E-state index in [9.17, 15) is 14.4 Å². The Morgan fingerprint density at radius 2 is 1.89 bits per heavy atom. The highest BCUT2D eigenvalue weighted by molar-refractivity contribution is 6.06. The van der Waals surface area contributed by atoms with E-state index >= 15 is 0 Å². The number of hydrogen-bond donors (Lipinski definition) is 1. The second-order valence-electron chi connectivity index (χ2n) is 6.24. The number of imide groups is 1. The molecule has 0 aromatic carbocycles. The van der Waals surface area contributed by atoms with Crippen molar-refractivity contribution >= 4 is 17.8 Å². The fourth-order valence-corrected chi connectivity index (χ4v) is 4.05. The Bertz CT molecular complexity index is 439. The first-order valence-electron chi connectivity index (χ1n) is 7.13. The van der Waals surface area contributed by atoms with Gasteiger partial charge in [0.25, 0.3) is 0 Å². The van der Waals surface area contributed by atoms with Crippen molar-refractivity contribution in [1.29, 1.82) is 0 Å². The molecule has 0 radical (unpaired) electrons. The van der Waals surface area contributed by atoms with Gasteiger partial charge in [-0.05, 0) is 32.1 Å². The van der Waals surface area contributed by atoms with Crippen molar-refractivity contribution in [3.63, 3.8) is 0 Å². The SMILES string of the molecule is O=C(O)C1CCC(N2C(=O)CC3(CCCC3)C2=O)C1. The molecule has 2 unspecified atom stereocenters. The molecule has 3 fully saturated rings. The number of likely N-dealkylation sites (tertiary alicyclic amines) is 1. The minimum atomic E-state index is -0.808. The predicted octanol–water partition coefficient (Wildman–Crippen LogP) is 1.56. The predicted molar refractivity (Wildman–Crippen MR) is 66.1 cm³/mol. The van der Waals surface area contributed by atoms with Crippen LogP contribution in [0.1, 0.15) is 51.4 Å². The fourth-order valence-electron chi connectivity index (χ4n) is 4.05. The van der Waals surface area contributed by atoms with Crippen molar-refractivity contribution in [3.8, 4) is 0 Å². The molecular formula is C14H19NO4. The lowest BCUT2D eigenvalue weighted by Gasteiger charge is -2.25. The van der Waals surface area contributed by atoms with E-state index in [1.165, 1.54) is 4.90 Å². The van der Waals surface area contributed by atoms with E-state index < -0.39 is 17.3 Å². The highest BCUT2D eigenvalue weighted by Gasteiger charge is 2.55. The molecule has 1 spiro atoms. The van der Waals surface area contributed by atoms with Crippen LogP contribution >= 0.6 is 0 Å². The molecular weight excluding hydrogens is 246 g/mol. The van der Waals surface area contributed by atoms with E-state index in [0.29, 0.717) is 25.7 Å². The van der Waals surface area contributed by atoms with Crippen LogP contribution in [0.3, 0.4) is 0 Å². The summed E-state index contributed by atoms with van der Waals surface area (Å²) in [5, 5.41) is 9.02. The Hall–Kier alpha value is -1.39. The minimum absolute atomic E-state index is 0.0222. The molecule has 2 atom stereocenters. The van der Waals surface area contributed by atoms with Gasteiger partial charge >= 0.3 is 5.97 Å². The molecule has 2 aliphatic carbocycles. The summed E-state index contributed by atoms with van der Waals surface area (Å²) in [5.41, 5.74) is -0.432. The quantitative estimate of drug-likeness (QED) is 0.769. The molecule has 2 saturated carbocycles. The van der Waals surface area contributed by atoms with Crippen LogP contribution in [-0.4, -0.2) is 33.8 Å². The van der Waals surface area contributed by atoms with Crippen molar-refractivity contribution < 1.29 is 19.5 Å². The van der Waals surface area contributed by atoms with Gasteiger partial charge < -0.3 is 5.11 Å². The second-order valence-corrected chi connectivity index (χ2v) is 6.24. The van der Waals surface area contributed by atoms with Gasteiger partial charge in [0.05, 0.1) is 11.3 Å². The molecule has 0 bridgehead atoms. The maximum atomic E-state index is 12.6. The molecule has 5 nitrogen and oxygen atoms in total. The average Bonchev–Trinajstić information content (AvgIpc) is 3.02. The van der Waals surface area contributed by atoms with E-state index in [2.05, 4.69) is 0 Å². The maximum Gasteiger partial charge on any atom is 0.306 e. The van der Waals surface area contributed by atoms with Crippen LogP contribution in [0.5, 0.6) is 0 Å². The highest BCUT2D eigenvalue weighted by atomic mass is 16.4. The van der Waals surface area contributed by atoms with Crippen LogP contribution in [-0.2, 0) is 14.4 Å². The van der Waals surface area contributed by atoms with Gasteiger partial charge in [-0.15, -0.1) is 0 Å². The zero-order valence-electron chi connectivity index (χ0n) is 10.9. The number of hydrogen-bond acceptors (Lipinski definition) is 3. The number of carbonyl (C=O) groups excluding carboxylic acids is 2. The van der Waals surface area contributed by atoms with Gasteiger partial charge in [0.15, 0.2) is 0 Å². The molecule has 19 heavy (non-hydrogen) atoms. The van der Waals surface area contributed by atoms with E-state index in [4.69, 9.17) is 5.11 Å². The van der Waals surface area contributed by atoms with Crippen LogP contribution < -0.4 is 0 Å². The highest BCUT2D eigenvalue weighted by Crippen LogP contribution is 2.48. The summed E-state index contributed by atoms with van der Waals surface area (Å²) in [4.78, 5) is 37.1. The van der Waals surface area contributed by atoms with Gasteiger partial charge in [-0.3, -0.25) is 19.3 Å². The average molecular weight is 265 g/mol. The van der Waals surface area contributed by atoms with Crippen molar-refractivity contribution in [2.24, 2.45) is 11.3 Å². The molecule has 1 heterocycles. The lowest BCUT2D eigenvalue weighted by molar-refractivity contribution is -0.146. The van der Waals surface area contributed by atoms with Gasteiger partial charge in [-0.2, -0.15) is 0 Å². The lowest BCUT2D eigenvalue weighted by Crippen LogP contribution is -2.41. The lowest BCUT2D eigenvalue weighted by atomic mass is 9.84. The Balaban J connectivity index is 1.77. The summed E-state index contributed by atoms with van der Waals surface area (Å²) in [6.07, 6.45) is 5.69. The Kier molecular flexibility index (Phi) is 2.87. The second kappa shape index (κ2) is 4.32. The molecule has 0 aromatic heterocycles. The van der Waals surface area contributed by atoms with Gasteiger partial charge in [-0.25, -0.2) is 0 Å². The summed E-state index contributed by atoms with van der Waals surface area (Å²) in [7, 11) is 0. The Morgan fingerprint density at radius 3 is 2.47 bits per heavy atom. The molecule has 1 saturated heterocycles. The van der Waals surface area contributed by atoms with Gasteiger partial charge in [0.2, 0.25) is 11.8 Å². The first kappa shape index (κ1) is 12.6. The normalized spacial score (nSPS) is 33.6. The van der Waals surface area contributed by atoms with Crippen molar-refractivity contribution in [2.75, 3.05) is 0 Å². The number of carboxylic acid groups (broad SMARTS) is 1. The minimum Gasteiger partial charge on any atom is -0.481 e. The summed E-state index contributed by atoms with van der Waals surface area (Å²) < 4.78 is 0. The molecule has 0 aromatic rings. The van der Waals surface area contributed by atoms with Crippen LogP contribution in [0, 0.1) is 11.3 Å². The summed E-state index contributed by atoms with van der Waals surface area (Å²) in [6, 6.07) is -0.180. The molecule has 5 heteroatoms. The van der Waals surface area contributed by atoms with E-state index in [1.807, 2.05) is 0 Å². The fraction of sp³-hybridized carbons (Fsp3) is 0.786. The molecule has 1 N–H and O–H groups in total. The Labute approximate surface area is 112 Å². The standard InChI is InChI=1S/C14H19NO4/c16-11-8-14(5-1-2-6-14)13(19)15(11)10-4-3-9(7-10)12(17)18/h9-10H,1-8H2,(H,17,18). The van der Waals surface area contributed by atoms with E-state index in [0.717, 1.165) is 25.7 Å². The largest absolute Gasteiger partial charge is 0.481 e. The molecule has 3 rings (SSSR count).